The number of methoxy groups -OCH3 is 1. The zero-order valence-electron chi connectivity index (χ0n) is 22.7. The number of nitrogens with zero attached hydrogens (tertiary/aromatic N) is 4. The van der Waals surface area contributed by atoms with Crippen molar-refractivity contribution < 1.29 is 31.5 Å². The smallest absolute Gasteiger partial charge is 0.383 e. The Morgan fingerprint density at radius 2 is 1.86 bits per heavy atom. The van der Waals surface area contributed by atoms with Gasteiger partial charge >= 0.3 is 12.2 Å². The van der Waals surface area contributed by atoms with Crippen LogP contribution in [0.25, 0.3) is 17.1 Å². The molecule has 1 aliphatic heterocycles. The maximum absolute atomic E-state index is 14.1. The van der Waals surface area contributed by atoms with Crippen LogP contribution in [-0.2, 0) is 10.9 Å². The number of ether oxygens (including phenoxy) is 1. The van der Waals surface area contributed by atoms with Crippen molar-refractivity contribution in [2.75, 3.05) is 38.7 Å². The van der Waals surface area contributed by atoms with Crippen LogP contribution < -0.4 is 10.6 Å². The topological polar surface area (TPSA) is 100 Å². The fraction of sp³-hybridized carbons (Fsp3) is 0.321. The van der Waals surface area contributed by atoms with E-state index in [9.17, 15) is 26.7 Å². The molecule has 0 aliphatic carbocycles. The van der Waals surface area contributed by atoms with Gasteiger partial charge in [0.25, 0.3) is 0 Å². The normalized spacial score (nSPS) is 17.5. The van der Waals surface area contributed by atoms with Crippen LogP contribution in [0.4, 0.5) is 32.6 Å². The van der Waals surface area contributed by atoms with Crippen molar-refractivity contribution in [2.45, 2.75) is 25.1 Å². The van der Waals surface area contributed by atoms with Gasteiger partial charge in [0.2, 0.25) is 0 Å². The summed E-state index contributed by atoms with van der Waals surface area (Å²) in [6.45, 7) is 3.54. The molecule has 1 saturated heterocycles. The number of nitrogens with one attached hydrogen (secondary N) is 3. The predicted octanol–water partition coefficient (Wildman–Crippen LogP) is 5.10. The van der Waals surface area contributed by atoms with Crippen LogP contribution in [0.2, 0.25) is 0 Å². The minimum Gasteiger partial charge on any atom is -0.383 e. The van der Waals surface area contributed by atoms with Gasteiger partial charge in [-0.05, 0) is 42.8 Å². The quantitative estimate of drug-likeness (QED) is 0.248. The summed E-state index contributed by atoms with van der Waals surface area (Å²) in [4.78, 5) is 15.4. The minimum atomic E-state index is -4.62. The molecule has 1 aliphatic rings. The Hall–Kier alpha value is -4.30. The molecule has 3 heterocycles. The number of anilines is 1. The third-order valence-corrected chi connectivity index (χ3v) is 7.18. The van der Waals surface area contributed by atoms with Gasteiger partial charge in [-0.15, -0.1) is 0 Å². The number of halogens is 5. The molecule has 0 saturated carbocycles. The fourth-order valence-electron chi connectivity index (χ4n) is 5.06. The van der Waals surface area contributed by atoms with E-state index in [0.717, 1.165) is 18.2 Å². The van der Waals surface area contributed by atoms with Crippen LogP contribution in [0.1, 0.15) is 22.7 Å². The first-order valence-corrected chi connectivity index (χ1v) is 13.1. The first-order chi connectivity index (χ1) is 20.0. The number of alkyl halides is 3. The van der Waals surface area contributed by atoms with Gasteiger partial charge in [-0.3, -0.25) is 15.3 Å². The molecule has 2 amide bonds. The number of carbonyl (C=O) groups is 1. The van der Waals surface area contributed by atoms with Crippen molar-refractivity contribution in [3.8, 4) is 17.1 Å². The molecule has 0 unspecified atom stereocenters. The number of rotatable bonds is 8. The summed E-state index contributed by atoms with van der Waals surface area (Å²) in [5, 5.41) is 16.0. The van der Waals surface area contributed by atoms with Crippen molar-refractivity contribution in [1.82, 2.24) is 30.2 Å². The Labute approximate surface area is 237 Å². The number of likely N-dealkylation sites (tertiary alicyclic amines) is 1. The average Bonchev–Trinajstić information content (AvgIpc) is 3.68. The molecule has 0 spiro atoms. The summed E-state index contributed by atoms with van der Waals surface area (Å²) >= 11 is 0. The first-order valence-electron chi connectivity index (χ1n) is 13.1. The van der Waals surface area contributed by atoms with Gasteiger partial charge in [0.1, 0.15) is 22.9 Å². The Bertz CT molecular complexity index is 1550. The van der Waals surface area contributed by atoms with E-state index in [1.807, 2.05) is 10.00 Å². The summed E-state index contributed by atoms with van der Waals surface area (Å²) in [7, 11) is 1.57. The standard InChI is InChI=1S/C28H28F5N7O2/c1-16-25(22-13-24(37-36-22)28(31,32)33)38-40(18-6-4-3-5-7-18)26(16)35-27(41)34-23-15-39(10-11-42-2)14-19(23)17-8-9-20(29)21(30)12-17/h3-9,12-13,19,23H,10-11,14-15H2,1-2H3,(H,36,37)(H2,34,35,41)/t19-,23+/m0/s1. The second-order valence-corrected chi connectivity index (χ2v) is 9.97. The molecule has 2 aromatic heterocycles. The molecule has 5 rings (SSSR count). The number of aromatic nitrogens is 4. The number of hydrogen-bond acceptors (Lipinski definition) is 5. The Morgan fingerprint density at radius 1 is 1.10 bits per heavy atom. The van der Waals surface area contributed by atoms with Crippen molar-refractivity contribution in [2.24, 2.45) is 0 Å². The summed E-state index contributed by atoms with van der Waals surface area (Å²) in [6, 6.07) is 12.2. The van der Waals surface area contributed by atoms with Crippen molar-refractivity contribution in [3.63, 3.8) is 0 Å². The van der Waals surface area contributed by atoms with Gasteiger partial charge in [-0.25, -0.2) is 18.3 Å². The highest BCUT2D eigenvalue weighted by Crippen LogP contribution is 2.34. The van der Waals surface area contributed by atoms with E-state index < -0.39 is 35.6 Å². The lowest BCUT2D eigenvalue weighted by Gasteiger charge is -2.21. The highest BCUT2D eigenvalue weighted by molar-refractivity contribution is 5.91. The van der Waals surface area contributed by atoms with Crippen LogP contribution in [-0.4, -0.2) is 70.3 Å². The van der Waals surface area contributed by atoms with Gasteiger partial charge in [-0.1, -0.05) is 24.3 Å². The molecule has 2 aromatic carbocycles. The minimum absolute atomic E-state index is 0.0408. The molecule has 0 bridgehead atoms. The first kappa shape index (κ1) is 29.2. The zero-order valence-corrected chi connectivity index (χ0v) is 22.7. The number of H-pyrrole nitrogens is 1. The monoisotopic (exact) mass is 589 g/mol. The van der Waals surface area contributed by atoms with Crippen LogP contribution in [0.15, 0.2) is 54.6 Å². The summed E-state index contributed by atoms with van der Waals surface area (Å²) in [5.41, 5.74) is 0.555. The summed E-state index contributed by atoms with van der Waals surface area (Å²) in [5.74, 6) is -2.06. The van der Waals surface area contributed by atoms with E-state index in [4.69, 9.17) is 4.74 Å². The van der Waals surface area contributed by atoms with E-state index in [-0.39, 0.29) is 23.1 Å². The predicted molar refractivity (Wildman–Crippen MR) is 144 cm³/mol. The van der Waals surface area contributed by atoms with Crippen molar-refractivity contribution in [1.29, 1.82) is 0 Å². The average molecular weight is 590 g/mol. The number of para-hydroxylation sites is 1. The van der Waals surface area contributed by atoms with Gasteiger partial charge in [0.15, 0.2) is 11.6 Å². The van der Waals surface area contributed by atoms with Gasteiger partial charge in [0, 0.05) is 38.2 Å². The lowest BCUT2D eigenvalue weighted by atomic mass is 9.94. The van der Waals surface area contributed by atoms with Crippen LogP contribution in [0.5, 0.6) is 0 Å². The second-order valence-electron chi connectivity index (χ2n) is 9.97. The molecule has 9 nitrogen and oxygen atoms in total. The molecule has 3 N–H and O–H groups in total. The van der Waals surface area contributed by atoms with Crippen molar-refractivity contribution >= 4 is 11.8 Å². The second kappa shape index (κ2) is 11.9. The number of benzene rings is 2. The van der Waals surface area contributed by atoms with Crippen LogP contribution >= 0.6 is 0 Å². The van der Waals surface area contributed by atoms with E-state index in [1.54, 1.807) is 44.4 Å². The molecular formula is C28H28F5N7O2. The Balaban J connectivity index is 1.43. The fourth-order valence-corrected chi connectivity index (χ4v) is 5.06. The van der Waals surface area contributed by atoms with Crippen LogP contribution in [0.3, 0.4) is 0 Å². The van der Waals surface area contributed by atoms with E-state index in [2.05, 4.69) is 20.8 Å². The van der Waals surface area contributed by atoms with E-state index >= 15 is 0 Å². The maximum atomic E-state index is 14.1. The summed E-state index contributed by atoms with van der Waals surface area (Å²) in [6.07, 6.45) is -4.62. The SMILES string of the molecule is COCCN1C[C@@H](NC(=O)Nc2c(C)c(-c3cc(C(F)(F)F)[nH]n3)nn2-c2ccccc2)[C@H](c2ccc(F)c(F)c2)C1. The van der Waals surface area contributed by atoms with Crippen LogP contribution in [0, 0.1) is 18.6 Å². The largest absolute Gasteiger partial charge is 0.432 e. The molecule has 2 atom stereocenters. The maximum Gasteiger partial charge on any atom is 0.432 e. The molecule has 0 radical (unpaired) electrons. The summed E-state index contributed by atoms with van der Waals surface area (Å²) < 4.78 is 73.9. The van der Waals surface area contributed by atoms with Gasteiger partial charge in [0.05, 0.1) is 18.3 Å². The van der Waals surface area contributed by atoms with E-state index in [1.165, 1.54) is 10.7 Å². The number of carbonyl (C=O) groups excluding carboxylic acids is 1. The number of urea groups is 1. The van der Waals surface area contributed by atoms with Crippen molar-refractivity contribution in [3.05, 3.63) is 83.1 Å². The molecule has 1 fully saturated rings. The van der Waals surface area contributed by atoms with E-state index in [0.29, 0.717) is 43.1 Å². The highest BCUT2D eigenvalue weighted by Gasteiger charge is 2.36. The zero-order chi connectivity index (χ0) is 30.0. The Morgan fingerprint density at radius 3 is 2.52 bits per heavy atom. The lowest BCUT2D eigenvalue weighted by molar-refractivity contribution is -0.141. The van der Waals surface area contributed by atoms with Gasteiger partial charge in [-0.2, -0.15) is 23.4 Å². The molecule has 222 valence electrons. The highest BCUT2D eigenvalue weighted by atomic mass is 19.4. The third kappa shape index (κ3) is 6.14. The number of amides is 2. The molecule has 42 heavy (non-hydrogen) atoms. The Kier molecular flexibility index (Phi) is 8.27. The molecular weight excluding hydrogens is 561 g/mol. The number of aromatic amines is 1. The van der Waals surface area contributed by atoms with Gasteiger partial charge < -0.3 is 10.1 Å². The molecule has 14 heteroatoms. The molecule has 4 aromatic rings. The third-order valence-electron chi connectivity index (χ3n) is 7.18. The number of hydrogen-bond donors (Lipinski definition) is 3. The lowest BCUT2D eigenvalue weighted by Crippen LogP contribution is -2.42.